The van der Waals surface area contributed by atoms with Crippen molar-refractivity contribution in [2.75, 3.05) is 11.4 Å². The number of carboxylic acids is 1. The molecular weight excluding hydrogens is 266 g/mol. The van der Waals surface area contributed by atoms with Crippen LogP contribution in [-0.2, 0) is 4.79 Å². The van der Waals surface area contributed by atoms with E-state index in [1.807, 2.05) is 37.3 Å². The lowest BCUT2D eigenvalue weighted by Gasteiger charge is -2.22. The van der Waals surface area contributed by atoms with Gasteiger partial charge in [0.15, 0.2) is 0 Å². The van der Waals surface area contributed by atoms with Gasteiger partial charge < -0.3 is 10.0 Å². The molecule has 0 atom stereocenters. The summed E-state index contributed by atoms with van der Waals surface area (Å²) in [5.41, 5.74) is 2.34. The third-order valence-electron chi connectivity index (χ3n) is 3.16. The van der Waals surface area contributed by atoms with Crippen LogP contribution in [-0.4, -0.2) is 23.5 Å². The highest BCUT2D eigenvalue weighted by Crippen LogP contribution is 2.18. The number of amides is 1. The molecule has 0 radical (unpaired) electrons. The molecule has 0 unspecified atom stereocenters. The Bertz CT molecular complexity index is 620. The van der Waals surface area contributed by atoms with Gasteiger partial charge in [0, 0.05) is 17.8 Å². The fourth-order valence-corrected chi connectivity index (χ4v) is 2.02. The summed E-state index contributed by atoms with van der Waals surface area (Å²) >= 11 is 0. The molecule has 0 aromatic heterocycles. The Balaban J connectivity index is 2.29. The average Bonchev–Trinajstić information content (AvgIpc) is 2.49. The number of carbonyl (C=O) groups is 2. The van der Waals surface area contributed by atoms with Crippen LogP contribution in [0.2, 0.25) is 0 Å². The van der Waals surface area contributed by atoms with Crippen molar-refractivity contribution in [3.8, 4) is 0 Å². The molecule has 1 amide bonds. The smallest absolute Gasteiger partial charge is 0.305 e. The molecule has 0 aliphatic rings. The second-order valence-electron chi connectivity index (χ2n) is 4.80. The summed E-state index contributed by atoms with van der Waals surface area (Å²) < 4.78 is 0. The summed E-state index contributed by atoms with van der Waals surface area (Å²) in [6.45, 7) is 2.11. The van der Waals surface area contributed by atoms with Gasteiger partial charge in [-0.15, -0.1) is 0 Å². The first-order chi connectivity index (χ1) is 10.1. The van der Waals surface area contributed by atoms with Gasteiger partial charge >= 0.3 is 5.97 Å². The highest BCUT2D eigenvalue weighted by Gasteiger charge is 2.18. The minimum atomic E-state index is -0.923. The third-order valence-corrected chi connectivity index (χ3v) is 3.16. The molecule has 4 nitrogen and oxygen atoms in total. The van der Waals surface area contributed by atoms with E-state index in [9.17, 15) is 9.59 Å². The Labute approximate surface area is 123 Å². The predicted octanol–water partition coefficient (Wildman–Crippen LogP) is 3.12. The number of benzene rings is 2. The molecule has 0 saturated heterocycles. The van der Waals surface area contributed by atoms with Crippen LogP contribution in [0.25, 0.3) is 0 Å². The largest absolute Gasteiger partial charge is 0.481 e. The zero-order valence-corrected chi connectivity index (χ0v) is 11.8. The fourth-order valence-electron chi connectivity index (χ4n) is 2.02. The number of aliphatic carboxylic acids is 1. The zero-order valence-electron chi connectivity index (χ0n) is 11.8. The molecule has 0 aliphatic heterocycles. The van der Waals surface area contributed by atoms with Crippen LogP contribution in [0.1, 0.15) is 22.3 Å². The zero-order chi connectivity index (χ0) is 15.2. The molecule has 0 bridgehead atoms. The maximum atomic E-state index is 12.6. The van der Waals surface area contributed by atoms with Gasteiger partial charge in [-0.1, -0.05) is 35.9 Å². The van der Waals surface area contributed by atoms with Crippen LogP contribution in [0.4, 0.5) is 5.69 Å². The van der Waals surface area contributed by atoms with Gasteiger partial charge in [-0.2, -0.15) is 0 Å². The molecule has 2 aromatic carbocycles. The Morgan fingerprint density at radius 1 is 1.00 bits per heavy atom. The van der Waals surface area contributed by atoms with Gasteiger partial charge in [-0.05, 0) is 31.2 Å². The van der Waals surface area contributed by atoms with Crippen LogP contribution in [0.5, 0.6) is 0 Å². The number of nitrogens with zero attached hydrogens (tertiary/aromatic N) is 1. The van der Waals surface area contributed by atoms with Gasteiger partial charge in [0.1, 0.15) is 0 Å². The van der Waals surface area contributed by atoms with E-state index in [2.05, 4.69) is 0 Å². The first kappa shape index (κ1) is 14.8. The van der Waals surface area contributed by atoms with E-state index in [0.717, 1.165) is 5.56 Å². The van der Waals surface area contributed by atoms with Crippen molar-refractivity contribution in [3.05, 3.63) is 65.7 Å². The molecule has 0 saturated carbocycles. The van der Waals surface area contributed by atoms with Gasteiger partial charge in [0.25, 0.3) is 5.91 Å². The average molecular weight is 283 g/mol. The quantitative estimate of drug-likeness (QED) is 0.917. The molecule has 21 heavy (non-hydrogen) atoms. The standard InChI is InChI=1S/C17H17NO3/c1-13-7-9-15(10-8-13)18(12-11-16(19)20)17(21)14-5-3-2-4-6-14/h2-10H,11-12H2,1H3,(H,19,20). The fraction of sp³-hybridized carbons (Fsp3) is 0.176. The summed E-state index contributed by atoms with van der Waals surface area (Å²) in [5, 5.41) is 8.87. The van der Waals surface area contributed by atoms with E-state index >= 15 is 0 Å². The number of carbonyl (C=O) groups excluding carboxylic acids is 1. The Kier molecular flexibility index (Phi) is 4.72. The topological polar surface area (TPSA) is 57.6 Å². The number of aryl methyl sites for hydroxylation is 1. The highest BCUT2D eigenvalue weighted by molar-refractivity contribution is 6.06. The van der Waals surface area contributed by atoms with Crippen molar-refractivity contribution in [1.82, 2.24) is 0 Å². The Morgan fingerprint density at radius 2 is 1.62 bits per heavy atom. The van der Waals surface area contributed by atoms with Crippen molar-refractivity contribution in [3.63, 3.8) is 0 Å². The number of carboxylic acid groups (broad SMARTS) is 1. The number of hydrogen-bond donors (Lipinski definition) is 1. The van der Waals surface area contributed by atoms with Crippen molar-refractivity contribution in [2.45, 2.75) is 13.3 Å². The SMILES string of the molecule is Cc1ccc(N(CCC(=O)O)C(=O)c2ccccc2)cc1. The molecule has 1 N–H and O–H groups in total. The first-order valence-corrected chi connectivity index (χ1v) is 6.73. The molecular formula is C17H17NO3. The summed E-state index contributed by atoms with van der Waals surface area (Å²) in [5.74, 6) is -1.12. The second-order valence-corrected chi connectivity index (χ2v) is 4.80. The van der Waals surface area contributed by atoms with Crippen molar-refractivity contribution in [1.29, 1.82) is 0 Å². The Morgan fingerprint density at radius 3 is 2.19 bits per heavy atom. The molecule has 0 spiro atoms. The van der Waals surface area contributed by atoms with Gasteiger partial charge in [0.05, 0.1) is 6.42 Å². The predicted molar refractivity (Wildman–Crippen MR) is 81.6 cm³/mol. The molecule has 2 aromatic rings. The minimum absolute atomic E-state index is 0.0908. The van der Waals surface area contributed by atoms with Crippen LogP contribution in [0.15, 0.2) is 54.6 Å². The van der Waals surface area contributed by atoms with Crippen molar-refractivity contribution < 1.29 is 14.7 Å². The van der Waals surface area contributed by atoms with E-state index in [1.165, 1.54) is 4.90 Å². The lowest BCUT2D eigenvalue weighted by Crippen LogP contribution is -2.33. The number of hydrogen-bond acceptors (Lipinski definition) is 2. The minimum Gasteiger partial charge on any atom is -0.481 e. The lowest BCUT2D eigenvalue weighted by molar-refractivity contribution is -0.136. The summed E-state index contributed by atoms with van der Waals surface area (Å²) in [6.07, 6.45) is -0.0908. The highest BCUT2D eigenvalue weighted by atomic mass is 16.4. The van der Waals surface area contributed by atoms with E-state index in [4.69, 9.17) is 5.11 Å². The van der Waals surface area contributed by atoms with Crippen LogP contribution >= 0.6 is 0 Å². The normalized spacial score (nSPS) is 10.1. The maximum Gasteiger partial charge on any atom is 0.305 e. The number of rotatable bonds is 5. The van der Waals surface area contributed by atoms with E-state index in [1.54, 1.807) is 24.3 Å². The molecule has 0 aliphatic carbocycles. The number of anilines is 1. The van der Waals surface area contributed by atoms with E-state index in [0.29, 0.717) is 11.3 Å². The van der Waals surface area contributed by atoms with Crippen molar-refractivity contribution in [2.24, 2.45) is 0 Å². The second kappa shape index (κ2) is 6.70. The van der Waals surface area contributed by atoms with Crippen LogP contribution in [0, 0.1) is 6.92 Å². The molecule has 108 valence electrons. The van der Waals surface area contributed by atoms with Gasteiger partial charge in [0.2, 0.25) is 0 Å². The monoisotopic (exact) mass is 283 g/mol. The maximum absolute atomic E-state index is 12.6. The third kappa shape index (κ3) is 3.92. The van der Waals surface area contributed by atoms with Gasteiger partial charge in [-0.3, -0.25) is 9.59 Å². The van der Waals surface area contributed by atoms with Crippen molar-refractivity contribution >= 4 is 17.6 Å². The Hall–Kier alpha value is -2.62. The summed E-state index contributed by atoms with van der Waals surface area (Å²) in [4.78, 5) is 24.9. The summed E-state index contributed by atoms with van der Waals surface area (Å²) in [7, 11) is 0. The molecule has 2 rings (SSSR count). The summed E-state index contributed by atoms with van der Waals surface area (Å²) in [6, 6.07) is 16.3. The lowest BCUT2D eigenvalue weighted by atomic mass is 10.1. The first-order valence-electron chi connectivity index (χ1n) is 6.73. The molecule has 0 heterocycles. The van der Waals surface area contributed by atoms with Crippen LogP contribution < -0.4 is 4.90 Å². The molecule has 4 heteroatoms. The van der Waals surface area contributed by atoms with Crippen LogP contribution in [0.3, 0.4) is 0 Å². The van der Waals surface area contributed by atoms with Gasteiger partial charge in [-0.25, -0.2) is 0 Å². The van der Waals surface area contributed by atoms with E-state index in [-0.39, 0.29) is 18.9 Å². The molecule has 0 fully saturated rings. The van der Waals surface area contributed by atoms with E-state index < -0.39 is 5.97 Å².